The first-order valence-electron chi connectivity index (χ1n) is 8.05. The molecule has 128 valence electrons. The van der Waals surface area contributed by atoms with Gasteiger partial charge in [-0.3, -0.25) is 0 Å². The summed E-state index contributed by atoms with van der Waals surface area (Å²) in [5.74, 6) is 0.750. The topological polar surface area (TPSA) is 61.4 Å². The molecule has 3 atom stereocenters. The highest BCUT2D eigenvalue weighted by Crippen LogP contribution is 2.29. The maximum absolute atomic E-state index is 12.9. The molecule has 0 heterocycles. The van der Waals surface area contributed by atoms with Gasteiger partial charge in [0.15, 0.2) is 0 Å². The molecule has 3 unspecified atom stereocenters. The number of amides is 2. The summed E-state index contributed by atoms with van der Waals surface area (Å²) < 4.78 is 12.9. The largest absolute Gasteiger partial charge is 0.384 e. The van der Waals surface area contributed by atoms with Crippen LogP contribution in [0.1, 0.15) is 38.7 Å². The van der Waals surface area contributed by atoms with Gasteiger partial charge in [-0.2, -0.15) is 11.8 Å². The van der Waals surface area contributed by atoms with Crippen LogP contribution in [0.4, 0.5) is 9.18 Å². The van der Waals surface area contributed by atoms with Crippen molar-refractivity contribution in [1.82, 2.24) is 10.6 Å². The third-order valence-electron chi connectivity index (χ3n) is 4.18. The molecule has 1 aromatic carbocycles. The highest BCUT2D eigenvalue weighted by molar-refractivity contribution is 7.99. The average molecular weight is 340 g/mol. The van der Waals surface area contributed by atoms with Crippen LogP contribution in [0.5, 0.6) is 0 Å². The third-order valence-corrected chi connectivity index (χ3v) is 5.41. The van der Waals surface area contributed by atoms with Gasteiger partial charge in [0.25, 0.3) is 0 Å². The van der Waals surface area contributed by atoms with Crippen molar-refractivity contribution in [3.05, 3.63) is 35.6 Å². The Kier molecular flexibility index (Phi) is 6.30. The van der Waals surface area contributed by atoms with Crippen LogP contribution in [0, 0.1) is 5.82 Å². The molecule has 1 aliphatic carbocycles. The minimum absolute atomic E-state index is 0.0737. The molecule has 0 aromatic heterocycles. The Morgan fingerprint density at radius 1 is 1.39 bits per heavy atom. The Balaban J connectivity index is 1.78. The van der Waals surface area contributed by atoms with Crippen LogP contribution in [0.15, 0.2) is 24.3 Å². The van der Waals surface area contributed by atoms with Gasteiger partial charge in [-0.15, -0.1) is 0 Å². The number of halogens is 1. The highest BCUT2D eigenvalue weighted by Gasteiger charge is 2.27. The van der Waals surface area contributed by atoms with E-state index >= 15 is 0 Å². The van der Waals surface area contributed by atoms with Gasteiger partial charge in [0.1, 0.15) is 11.4 Å². The summed E-state index contributed by atoms with van der Waals surface area (Å²) in [6, 6.07) is 5.59. The third kappa shape index (κ3) is 5.39. The SMILES string of the molecule is CCSC1CCC(NC(=O)NCC(C)(O)c2ccc(F)cc2)C1. The molecule has 1 saturated carbocycles. The van der Waals surface area contributed by atoms with Crippen molar-refractivity contribution in [2.45, 2.75) is 50.0 Å². The molecule has 2 rings (SSSR count). The fraction of sp³-hybridized carbons (Fsp3) is 0.588. The number of aliphatic hydroxyl groups is 1. The second-order valence-corrected chi connectivity index (χ2v) is 7.77. The first kappa shape index (κ1) is 18.1. The van der Waals surface area contributed by atoms with E-state index < -0.39 is 5.60 Å². The van der Waals surface area contributed by atoms with Gasteiger partial charge in [0.05, 0.1) is 6.54 Å². The lowest BCUT2D eigenvalue weighted by Crippen LogP contribution is -2.46. The van der Waals surface area contributed by atoms with Crippen molar-refractivity contribution >= 4 is 17.8 Å². The number of hydrogen-bond acceptors (Lipinski definition) is 3. The Morgan fingerprint density at radius 3 is 2.74 bits per heavy atom. The van der Waals surface area contributed by atoms with Crippen molar-refractivity contribution in [1.29, 1.82) is 0 Å². The van der Waals surface area contributed by atoms with Crippen molar-refractivity contribution < 1.29 is 14.3 Å². The van der Waals surface area contributed by atoms with Crippen LogP contribution in [-0.2, 0) is 5.60 Å². The van der Waals surface area contributed by atoms with Gasteiger partial charge in [-0.25, -0.2) is 9.18 Å². The van der Waals surface area contributed by atoms with E-state index in [1.165, 1.54) is 24.3 Å². The Bertz CT molecular complexity index is 522. The number of carbonyl (C=O) groups is 1. The zero-order chi connectivity index (χ0) is 16.9. The number of benzene rings is 1. The summed E-state index contributed by atoms with van der Waals surface area (Å²) in [6.07, 6.45) is 3.14. The number of rotatable bonds is 6. The summed E-state index contributed by atoms with van der Waals surface area (Å²) >= 11 is 1.94. The number of thioether (sulfide) groups is 1. The molecule has 0 radical (unpaired) electrons. The van der Waals surface area contributed by atoms with Crippen molar-refractivity contribution in [3.8, 4) is 0 Å². The lowest BCUT2D eigenvalue weighted by Gasteiger charge is -2.25. The van der Waals surface area contributed by atoms with Crippen LogP contribution in [0.2, 0.25) is 0 Å². The normalized spacial score (nSPS) is 23.3. The quantitative estimate of drug-likeness (QED) is 0.746. The maximum Gasteiger partial charge on any atom is 0.315 e. The van der Waals surface area contributed by atoms with E-state index in [4.69, 9.17) is 0 Å². The fourth-order valence-electron chi connectivity index (χ4n) is 2.86. The molecule has 1 fully saturated rings. The second kappa shape index (κ2) is 8.02. The van der Waals surface area contributed by atoms with Crippen LogP contribution in [0.25, 0.3) is 0 Å². The van der Waals surface area contributed by atoms with Gasteiger partial charge < -0.3 is 15.7 Å². The van der Waals surface area contributed by atoms with Gasteiger partial charge >= 0.3 is 6.03 Å². The summed E-state index contributed by atoms with van der Waals surface area (Å²) in [7, 11) is 0. The molecule has 0 saturated heterocycles. The number of hydrogen-bond donors (Lipinski definition) is 3. The van der Waals surface area contributed by atoms with Crippen molar-refractivity contribution in [3.63, 3.8) is 0 Å². The van der Waals surface area contributed by atoms with E-state index in [-0.39, 0.29) is 24.4 Å². The highest BCUT2D eigenvalue weighted by atomic mass is 32.2. The van der Waals surface area contributed by atoms with E-state index in [9.17, 15) is 14.3 Å². The van der Waals surface area contributed by atoms with E-state index in [1.54, 1.807) is 6.92 Å². The van der Waals surface area contributed by atoms with Crippen LogP contribution in [0.3, 0.4) is 0 Å². The minimum atomic E-state index is -1.23. The Labute approximate surface area is 141 Å². The van der Waals surface area contributed by atoms with Gasteiger partial charge in [-0.05, 0) is 49.6 Å². The standard InChI is InChI=1S/C17H25FN2O2S/c1-3-23-15-9-8-14(10-15)20-16(21)19-11-17(2,22)12-4-6-13(18)7-5-12/h4-7,14-15,22H,3,8-11H2,1-2H3,(H2,19,20,21). The first-order chi connectivity index (χ1) is 10.9. The molecule has 2 amide bonds. The molecule has 4 nitrogen and oxygen atoms in total. The maximum atomic E-state index is 12.9. The molecule has 1 aliphatic rings. The monoisotopic (exact) mass is 340 g/mol. The average Bonchev–Trinajstić information content (AvgIpc) is 2.93. The minimum Gasteiger partial charge on any atom is -0.384 e. The molecule has 0 bridgehead atoms. The van der Waals surface area contributed by atoms with E-state index in [2.05, 4.69) is 17.6 Å². The lowest BCUT2D eigenvalue weighted by atomic mass is 9.96. The zero-order valence-electron chi connectivity index (χ0n) is 13.6. The lowest BCUT2D eigenvalue weighted by molar-refractivity contribution is 0.0592. The summed E-state index contributed by atoms with van der Waals surface area (Å²) in [6.45, 7) is 3.82. The molecule has 3 N–H and O–H groups in total. The molecule has 0 spiro atoms. The Hall–Kier alpha value is -1.27. The number of urea groups is 1. The molecule has 6 heteroatoms. The Morgan fingerprint density at radius 2 is 2.09 bits per heavy atom. The van der Waals surface area contributed by atoms with Gasteiger partial charge in [-0.1, -0.05) is 19.1 Å². The molecule has 23 heavy (non-hydrogen) atoms. The predicted molar refractivity (Wildman–Crippen MR) is 92.1 cm³/mol. The molecule has 0 aliphatic heterocycles. The van der Waals surface area contributed by atoms with Gasteiger partial charge in [0, 0.05) is 11.3 Å². The smallest absolute Gasteiger partial charge is 0.315 e. The van der Waals surface area contributed by atoms with E-state index in [0.717, 1.165) is 25.0 Å². The van der Waals surface area contributed by atoms with Crippen molar-refractivity contribution in [2.75, 3.05) is 12.3 Å². The zero-order valence-corrected chi connectivity index (χ0v) is 14.5. The molecular formula is C17H25FN2O2S. The number of carbonyl (C=O) groups excluding carboxylic acids is 1. The van der Waals surface area contributed by atoms with Crippen molar-refractivity contribution in [2.24, 2.45) is 0 Å². The summed E-state index contributed by atoms with van der Waals surface area (Å²) in [4.78, 5) is 12.0. The summed E-state index contributed by atoms with van der Waals surface area (Å²) in [5.41, 5.74) is -0.666. The van der Waals surface area contributed by atoms with E-state index in [0.29, 0.717) is 10.8 Å². The summed E-state index contributed by atoms with van der Waals surface area (Å²) in [5, 5.41) is 16.7. The van der Waals surface area contributed by atoms with E-state index in [1.807, 2.05) is 11.8 Å². The van der Waals surface area contributed by atoms with Gasteiger partial charge in [0.2, 0.25) is 0 Å². The van der Waals surface area contributed by atoms with Crippen LogP contribution >= 0.6 is 11.8 Å². The van der Waals surface area contributed by atoms with Crippen LogP contribution in [-0.4, -0.2) is 34.7 Å². The van der Waals surface area contributed by atoms with Crippen LogP contribution < -0.4 is 10.6 Å². The molecule has 1 aromatic rings. The fourth-order valence-corrected chi connectivity index (χ4v) is 4.00. The predicted octanol–water partition coefficient (Wildman–Crippen LogP) is 3.01. The second-order valence-electron chi connectivity index (χ2n) is 6.20. The molecular weight excluding hydrogens is 315 g/mol. The first-order valence-corrected chi connectivity index (χ1v) is 9.10. The number of nitrogens with one attached hydrogen (secondary N) is 2.